The number of halogens is 2. The predicted molar refractivity (Wildman–Crippen MR) is 76.9 cm³/mol. The monoisotopic (exact) mass is 354 g/mol. The number of carbonyl (C=O) groups is 1. The number of thiophene rings is 1. The zero-order chi connectivity index (χ0) is 15.1. The quantitative estimate of drug-likeness (QED) is 0.873. The van der Waals surface area contributed by atoms with Gasteiger partial charge in [0.2, 0.25) is 10.0 Å². The lowest BCUT2D eigenvalue weighted by Gasteiger charge is -2.02. The van der Waals surface area contributed by atoms with Crippen molar-refractivity contribution in [1.82, 2.24) is 9.78 Å². The summed E-state index contributed by atoms with van der Waals surface area (Å²) >= 11 is 12.6. The van der Waals surface area contributed by atoms with E-state index in [1.54, 1.807) is 0 Å². The molecule has 0 saturated heterocycles. The van der Waals surface area contributed by atoms with E-state index in [4.69, 9.17) is 28.3 Å². The Labute approximate surface area is 128 Å². The van der Waals surface area contributed by atoms with Gasteiger partial charge in [0.15, 0.2) is 5.82 Å². The van der Waals surface area contributed by atoms with Crippen LogP contribution in [0.2, 0.25) is 8.67 Å². The van der Waals surface area contributed by atoms with Gasteiger partial charge in [0.25, 0.3) is 5.91 Å². The van der Waals surface area contributed by atoms with Crippen molar-refractivity contribution in [2.45, 2.75) is 4.90 Å². The number of nitrogens with one attached hydrogen (secondary N) is 1. The average molecular weight is 355 g/mol. The van der Waals surface area contributed by atoms with Gasteiger partial charge in [-0.25, -0.2) is 13.6 Å². The summed E-state index contributed by atoms with van der Waals surface area (Å²) in [6.07, 6.45) is 1.19. The fourth-order valence-electron chi connectivity index (χ4n) is 1.43. The molecule has 0 saturated carbocycles. The van der Waals surface area contributed by atoms with Gasteiger partial charge in [-0.3, -0.25) is 9.48 Å². The Morgan fingerprint density at radius 2 is 2.15 bits per heavy atom. The van der Waals surface area contributed by atoms with Crippen LogP contribution in [0.1, 0.15) is 10.4 Å². The highest BCUT2D eigenvalue weighted by molar-refractivity contribution is 7.89. The van der Waals surface area contributed by atoms with E-state index in [0.717, 1.165) is 11.3 Å². The van der Waals surface area contributed by atoms with Crippen molar-refractivity contribution in [2.24, 2.45) is 12.2 Å². The van der Waals surface area contributed by atoms with Gasteiger partial charge in [0.1, 0.15) is 9.23 Å². The molecule has 2 heterocycles. The molecule has 0 aliphatic rings. The minimum absolute atomic E-state index is 0.132. The highest BCUT2D eigenvalue weighted by atomic mass is 35.5. The summed E-state index contributed by atoms with van der Waals surface area (Å²) in [5.41, 5.74) is 0.132. The molecular weight excluding hydrogens is 347 g/mol. The summed E-state index contributed by atoms with van der Waals surface area (Å²) in [7, 11) is -2.50. The Hall–Kier alpha value is -1.13. The number of nitrogens with two attached hydrogens (primary N) is 1. The number of rotatable bonds is 3. The number of hydrogen-bond donors (Lipinski definition) is 2. The van der Waals surface area contributed by atoms with Gasteiger partial charge < -0.3 is 5.32 Å². The van der Waals surface area contributed by atoms with E-state index in [1.165, 1.54) is 24.0 Å². The minimum Gasteiger partial charge on any atom is -0.304 e. The molecule has 108 valence electrons. The number of aromatic nitrogens is 2. The first-order chi connectivity index (χ1) is 9.18. The van der Waals surface area contributed by atoms with Gasteiger partial charge in [-0.05, 0) is 6.07 Å². The zero-order valence-corrected chi connectivity index (χ0v) is 13.1. The summed E-state index contributed by atoms with van der Waals surface area (Å²) in [4.78, 5) is 11.7. The number of anilines is 1. The van der Waals surface area contributed by atoms with Crippen molar-refractivity contribution < 1.29 is 13.2 Å². The third-order valence-electron chi connectivity index (χ3n) is 2.23. The molecule has 0 atom stereocenters. The van der Waals surface area contributed by atoms with Crippen LogP contribution < -0.4 is 10.5 Å². The van der Waals surface area contributed by atoms with Crippen LogP contribution in [0.15, 0.2) is 17.2 Å². The topological polar surface area (TPSA) is 107 Å². The number of sulfonamides is 1. The van der Waals surface area contributed by atoms with Gasteiger partial charge in [-0.1, -0.05) is 23.2 Å². The molecule has 2 aromatic rings. The maximum Gasteiger partial charge on any atom is 0.259 e. The van der Waals surface area contributed by atoms with Crippen LogP contribution >= 0.6 is 34.5 Å². The maximum atomic E-state index is 12.0. The molecule has 7 nitrogen and oxygen atoms in total. The molecule has 3 N–H and O–H groups in total. The summed E-state index contributed by atoms with van der Waals surface area (Å²) in [6.45, 7) is 0. The first kappa shape index (κ1) is 15.3. The van der Waals surface area contributed by atoms with Gasteiger partial charge in [-0.2, -0.15) is 5.10 Å². The lowest BCUT2D eigenvalue weighted by molar-refractivity contribution is 0.102. The molecule has 0 unspecified atom stereocenters. The van der Waals surface area contributed by atoms with Gasteiger partial charge in [0.05, 0.1) is 9.90 Å². The Morgan fingerprint density at radius 3 is 2.65 bits per heavy atom. The van der Waals surface area contributed by atoms with Crippen LogP contribution in [-0.2, 0) is 17.1 Å². The SMILES string of the molecule is Cn1cc(S(N)(=O)=O)c(NC(=O)c2cc(Cl)sc2Cl)n1. The molecule has 2 rings (SSSR count). The fraction of sp³-hybridized carbons (Fsp3) is 0.111. The smallest absolute Gasteiger partial charge is 0.259 e. The summed E-state index contributed by atoms with van der Waals surface area (Å²) < 4.78 is 24.5. The third kappa shape index (κ3) is 3.13. The summed E-state index contributed by atoms with van der Waals surface area (Å²) in [5.74, 6) is -0.792. The van der Waals surface area contributed by atoms with Crippen LogP contribution in [0.3, 0.4) is 0 Å². The molecule has 11 heteroatoms. The molecule has 1 amide bonds. The second-order valence-corrected chi connectivity index (χ2v) is 7.57. The normalized spacial score (nSPS) is 11.6. The molecule has 20 heavy (non-hydrogen) atoms. The second kappa shape index (κ2) is 5.34. The predicted octanol–water partition coefficient (Wildman–Crippen LogP) is 1.69. The standard InChI is InChI=1S/C9H8Cl2N4O3S2/c1-15-3-5(20(12,17)18)8(14-15)13-9(16)4-2-6(10)19-7(4)11/h2-3H,1H3,(H2,12,17,18)(H,13,14,16). The Balaban J connectivity index is 2.36. The maximum absolute atomic E-state index is 12.0. The van der Waals surface area contributed by atoms with E-state index in [2.05, 4.69) is 10.4 Å². The van der Waals surface area contributed by atoms with Crippen LogP contribution in [0, 0.1) is 0 Å². The molecule has 0 spiro atoms. The molecule has 0 aromatic carbocycles. The zero-order valence-electron chi connectivity index (χ0n) is 9.92. The van der Waals surface area contributed by atoms with E-state index < -0.39 is 15.9 Å². The minimum atomic E-state index is -4.00. The Bertz CT molecular complexity index is 781. The van der Waals surface area contributed by atoms with Crippen LogP contribution in [0.25, 0.3) is 0 Å². The fourth-order valence-corrected chi connectivity index (χ4v) is 3.55. The second-order valence-electron chi connectivity index (χ2n) is 3.75. The molecule has 0 fully saturated rings. The van der Waals surface area contributed by atoms with Crippen LogP contribution in [0.4, 0.5) is 5.82 Å². The molecule has 0 aliphatic heterocycles. The van der Waals surface area contributed by atoms with Crippen molar-refractivity contribution in [3.05, 3.63) is 26.5 Å². The molecule has 0 bridgehead atoms. The average Bonchev–Trinajstić information content (AvgIpc) is 2.81. The number of nitrogens with zero attached hydrogens (tertiary/aromatic N) is 2. The van der Waals surface area contributed by atoms with Crippen LogP contribution in [-0.4, -0.2) is 24.1 Å². The number of amides is 1. The van der Waals surface area contributed by atoms with Crippen molar-refractivity contribution in [3.63, 3.8) is 0 Å². The van der Waals surface area contributed by atoms with Gasteiger partial charge >= 0.3 is 0 Å². The van der Waals surface area contributed by atoms with Crippen molar-refractivity contribution >= 4 is 56.3 Å². The Kier molecular flexibility index (Phi) is 4.07. The number of carbonyl (C=O) groups excluding carboxylic acids is 1. The molecule has 2 aromatic heterocycles. The lowest BCUT2D eigenvalue weighted by atomic mass is 10.3. The summed E-state index contributed by atoms with van der Waals surface area (Å²) in [6, 6.07) is 1.38. The summed E-state index contributed by atoms with van der Waals surface area (Å²) in [5, 5.41) is 11.2. The van der Waals surface area contributed by atoms with Gasteiger partial charge in [0, 0.05) is 13.2 Å². The molecular formula is C9H8Cl2N4O3S2. The largest absolute Gasteiger partial charge is 0.304 e. The highest BCUT2D eigenvalue weighted by Gasteiger charge is 2.22. The number of primary sulfonamides is 1. The van der Waals surface area contributed by atoms with E-state index in [0.29, 0.717) is 4.34 Å². The molecule has 0 aliphatic carbocycles. The van der Waals surface area contributed by atoms with E-state index in [-0.39, 0.29) is 20.6 Å². The van der Waals surface area contributed by atoms with Crippen molar-refractivity contribution in [2.75, 3.05) is 5.32 Å². The lowest BCUT2D eigenvalue weighted by Crippen LogP contribution is -2.17. The van der Waals surface area contributed by atoms with Crippen molar-refractivity contribution in [3.8, 4) is 0 Å². The Morgan fingerprint density at radius 1 is 1.50 bits per heavy atom. The van der Waals surface area contributed by atoms with Crippen molar-refractivity contribution in [1.29, 1.82) is 0 Å². The highest BCUT2D eigenvalue weighted by Crippen LogP contribution is 2.31. The van der Waals surface area contributed by atoms with E-state index in [1.807, 2.05) is 0 Å². The van der Waals surface area contributed by atoms with E-state index in [9.17, 15) is 13.2 Å². The number of hydrogen-bond acceptors (Lipinski definition) is 5. The first-order valence-electron chi connectivity index (χ1n) is 5.01. The third-order valence-corrected chi connectivity index (χ3v) is 4.63. The van der Waals surface area contributed by atoms with Crippen LogP contribution in [0.5, 0.6) is 0 Å². The molecule has 0 radical (unpaired) electrons. The number of aryl methyl sites for hydroxylation is 1. The van der Waals surface area contributed by atoms with E-state index >= 15 is 0 Å². The van der Waals surface area contributed by atoms with Gasteiger partial charge in [-0.15, -0.1) is 11.3 Å². The first-order valence-corrected chi connectivity index (χ1v) is 8.13.